The molecule has 3 rings (SSSR count). The zero-order chi connectivity index (χ0) is 17.1. The Balaban J connectivity index is 0.00000169. The number of pyridine rings is 1. The monoisotopic (exact) mass is 407 g/mol. The molecule has 2 unspecified atom stereocenters. The molecule has 1 fully saturated rings. The average molecular weight is 408 g/mol. The standard InChI is InChI=1S/C17H16F3N3O.2ClH/c18-13-2-1-10(7-14(13)19)11-3-5-22-9-16(11)23-17(24)12-4-6-21-8-15(12)20;;/h1-2,4,6-8,11,16,22H,3,5,9H2,(H,23,24);2*1H. The van der Waals surface area contributed by atoms with Crippen LogP contribution in [-0.4, -0.2) is 30.0 Å². The molecule has 9 heteroatoms. The molecule has 1 aliphatic rings. The number of halogens is 5. The summed E-state index contributed by atoms with van der Waals surface area (Å²) in [6, 6.07) is 4.68. The van der Waals surface area contributed by atoms with E-state index >= 15 is 0 Å². The molecule has 1 amide bonds. The van der Waals surface area contributed by atoms with Gasteiger partial charge < -0.3 is 10.6 Å². The molecule has 2 N–H and O–H groups in total. The van der Waals surface area contributed by atoms with Crippen LogP contribution in [0.4, 0.5) is 13.2 Å². The summed E-state index contributed by atoms with van der Waals surface area (Å²) in [5.74, 6) is -3.28. The predicted octanol–water partition coefficient (Wildman–Crippen LogP) is 3.22. The average Bonchev–Trinajstić information content (AvgIpc) is 2.58. The topological polar surface area (TPSA) is 54.0 Å². The lowest BCUT2D eigenvalue weighted by Gasteiger charge is -2.33. The van der Waals surface area contributed by atoms with E-state index in [1.165, 1.54) is 18.3 Å². The minimum Gasteiger partial charge on any atom is -0.347 e. The van der Waals surface area contributed by atoms with Crippen LogP contribution in [0.1, 0.15) is 28.3 Å². The van der Waals surface area contributed by atoms with Gasteiger partial charge in [0, 0.05) is 24.7 Å². The van der Waals surface area contributed by atoms with Crippen molar-refractivity contribution in [3.63, 3.8) is 0 Å². The van der Waals surface area contributed by atoms with E-state index in [1.54, 1.807) is 0 Å². The van der Waals surface area contributed by atoms with Gasteiger partial charge in [-0.2, -0.15) is 0 Å². The number of amides is 1. The smallest absolute Gasteiger partial charge is 0.254 e. The van der Waals surface area contributed by atoms with E-state index in [-0.39, 0.29) is 42.3 Å². The Hall–Kier alpha value is -1.83. The van der Waals surface area contributed by atoms with Gasteiger partial charge in [-0.15, -0.1) is 24.8 Å². The van der Waals surface area contributed by atoms with Crippen molar-refractivity contribution < 1.29 is 18.0 Å². The number of hydrogen-bond donors (Lipinski definition) is 2. The number of hydrogen-bond acceptors (Lipinski definition) is 3. The van der Waals surface area contributed by atoms with Crippen molar-refractivity contribution in [1.82, 2.24) is 15.6 Å². The molecule has 1 aromatic heterocycles. The van der Waals surface area contributed by atoms with Gasteiger partial charge >= 0.3 is 0 Å². The van der Waals surface area contributed by atoms with Gasteiger partial charge in [0.05, 0.1) is 11.8 Å². The molecule has 1 aliphatic heterocycles. The molecule has 0 radical (unpaired) electrons. The number of piperidine rings is 1. The Bertz CT molecular complexity index is 764. The Morgan fingerprint density at radius 3 is 2.58 bits per heavy atom. The first kappa shape index (κ1) is 22.2. The van der Waals surface area contributed by atoms with Gasteiger partial charge in [0.1, 0.15) is 0 Å². The molecule has 0 saturated carbocycles. The third-order valence-electron chi connectivity index (χ3n) is 4.19. The summed E-state index contributed by atoms with van der Waals surface area (Å²) < 4.78 is 40.3. The van der Waals surface area contributed by atoms with Gasteiger partial charge in [0.15, 0.2) is 17.5 Å². The second kappa shape index (κ2) is 9.75. The van der Waals surface area contributed by atoms with E-state index in [9.17, 15) is 18.0 Å². The first-order chi connectivity index (χ1) is 11.6. The highest BCUT2D eigenvalue weighted by atomic mass is 35.5. The summed E-state index contributed by atoms with van der Waals surface area (Å²) in [5, 5.41) is 5.92. The van der Waals surface area contributed by atoms with Gasteiger partial charge in [0.25, 0.3) is 5.91 Å². The SMILES string of the molecule is Cl.Cl.O=C(NC1CNCCC1c1ccc(F)c(F)c1)c1ccncc1F. The maximum atomic E-state index is 13.7. The fourth-order valence-corrected chi connectivity index (χ4v) is 2.96. The number of benzene rings is 1. The minimum absolute atomic E-state index is 0. The van der Waals surface area contributed by atoms with Crippen LogP contribution >= 0.6 is 24.8 Å². The summed E-state index contributed by atoms with van der Waals surface area (Å²) in [6.45, 7) is 1.15. The molecule has 0 bridgehead atoms. The molecule has 26 heavy (non-hydrogen) atoms. The highest BCUT2D eigenvalue weighted by molar-refractivity contribution is 5.94. The molecular formula is C17H18Cl2F3N3O. The second-order valence-corrected chi connectivity index (χ2v) is 5.71. The van der Waals surface area contributed by atoms with Gasteiger partial charge in [0.2, 0.25) is 0 Å². The summed E-state index contributed by atoms with van der Waals surface area (Å²) in [7, 11) is 0. The third-order valence-corrected chi connectivity index (χ3v) is 4.19. The highest BCUT2D eigenvalue weighted by Gasteiger charge is 2.29. The van der Waals surface area contributed by atoms with Gasteiger partial charge in [-0.25, -0.2) is 13.2 Å². The van der Waals surface area contributed by atoms with E-state index in [2.05, 4.69) is 15.6 Å². The lowest BCUT2D eigenvalue weighted by Crippen LogP contribution is -2.50. The van der Waals surface area contributed by atoms with Gasteiger partial charge in [-0.1, -0.05) is 6.07 Å². The number of nitrogens with zero attached hydrogens (tertiary/aromatic N) is 1. The molecule has 2 atom stereocenters. The van der Waals surface area contributed by atoms with Gasteiger partial charge in [-0.05, 0) is 36.7 Å². The number of aromatic nitrogens is 1. The Morgan fingerprint density at radius 1 is 1.12 bits per heavy atom. The zero-order valence-electron chi connectivity index (χ0n) is 13.5. The van der Waals surface area contributed by atoms with Crippen LogP contribution < -0.4 is 10.6 Å². The molecule has 142 valence electrons. The van der Waals surface area contributed by atoms with Crippen molar-refractivity contribution in [2.24, 2.45) is 0 Å². The molecule has 0 aliphatic carbocycles. The molecule has 1 saturated heterocycles. The number of carbonyl (C=O) groups excluding carboxylic acids is 1. The van der Waals surface area contributed by atoms with E-state index in [1.807, 2.05) is 0 Å². The number of nitrogens with one attached hydrogen (secondary N) is 2. The fourth-order valence-electron chi connectivity index (χ4n) is 2.96. The van der Waals surface area contributed by atoms with Crippen molar-refractivity contribution in [3.8, 4) is 0 Å². The van der Waals surface area contributed by atoms with Crippen LogP contribution in [0.25, 0.3) is 0 Å². The number of rotatable bonds is 3. The fraction of sp³-hybridized carbons (Fsp3) is 0.294. The maximum absolute atomic E-state index is 13.7. The van der Waals surface area contributed by atoms with Crippen molar-refractivity contribution in [2.75, 3.05) is 13.1 Å². The molecule has 2 aromatic rings. The van der Waals surface area contributed by atoms with Crippen LogP contribution in [-0.2, 0) is 0 Å². The van der Waals surface area contributed by atoms with Crippen LogP contribution in [0.15, 0.2) is 36.7 Å². The Kier molecular flexibility index (Phi) is 8.33. The van der Waals surface area contributed by atoms with Crippen molar-refractivity contribution in [2.45, 2.75) is 18.4 Å². The summed E-state index contributed by atoms with van der Waals surface area (Å²) >= 11 is 0. The van der Waals surface area contributed by atoms with Crippen LogP contribution in [0.5, 0.6) is 0 Å². The van der Waals surface area contributed by atoms with Crippen LogP contribution in [0.3, 0.4) is 0 Å². The lowest BCUT2D eigenvalue weighted by molar-refractivity contribution is 0.0920. The van der Waals surface area contributed by atoms with E-state index in [4.69, 9.17) is 0 Å². The van der Waals surface area contributed by atoms with E-state index in [0.717, 1.165) is 18.3 Å². The molecular weight excluding hydrogens is 390 g/mol. The quantitative estimate of drug-likeness (QED) is 0.820. The Morgan fingerprint density at radius 2 is 1.88 bits per heavy atom. The molecule has 4 nitrogen and oxygen atoms in total. The van der Waals surface area contributed by atoms with Crippen molar-refractivity contribution in [1.29, 1.82) is 0 Å². The molecule has 2 heterocycles. The summed E-state index contributed by atoms with van der Waals surface area (Å²) in [5.41, 5.74) is 0.510. The Labute approximate surface area is 161 Å². The van der Waals surface area contributed by atoms with Crippen LogP contribution in [0.2, 0.25) is 0 Å². The number of carbonyl (C=O) groups is 1. The lowest BCUT2D eigenvalue weighted by atomic mass is 9.86. The first-order valence-electron chi connectivity index (χ1n) is 7.62. The zero-order valence-corrected chi connectivity index (χ0v) is 15.2. The summed E-state index contributed by atoms with van der Waals surface area (Å²) in [6.07, 6.45) is 2.96. The highest BCUT2D eigenvalue weighted by Crippen LogP contribution is 2.27. The maximum Gasteiger partial charge on any atom is 0.254 e. The predicted molar refractivity (Wildman–Crippen MR) is 96.5 cm³/mol. The molecule has 0 spiro atoms. The van der Waals surface area contributed by atoms with Gasteiger partial charge in [-0.3, -0.25) is 9.78 Å². The second-order valence-electron chi connectivity index (χ2n) is 5.71. The normalized spacial score (nSPS) is 19.0. The summed E-state index contributed by atoms with van der Waals surface area (Å²) in [4.78, 5) is 15.9. The van der Waals surface area contributed by atoms with Crippen LogP contribution in [0, 0.1) is 17.5 Å². The first-order valence-corrected chi connectivity index (χ1v) is 7.62. The largest absolute Gasteiger partial charge is 0.347 e. The molecule has 1 aromatic carbocycles. The van der Waals surface area contributed by atoms with E-state index in [0.29, 0.717) is 25.1 Å². The van der Waals surface area contributed by atoms with E-state index < -0.39 is 23.4 Å². The third kappa shape index (κ3) is 4.87. The minimum atomic E-state index is -0.920. The van der Waals surface area contributed by atoms with Crippen molar-refractivity contribution >= 4 is 30.7 Å². The van der Waals surface area contributed by atoms with Crippen molar-refractivity contribution in [3.05, 3.63) is 65.2 Å².